The minimum atomic E-state index is -0.0561. The Balaban J connectivity index is 2.22. The van der Waals surface area contributed by atoms with Crippen LogP contribution in [0.15, 0.2) is 0 Å². The molecule has 3 heteroatoms. The van der Waals surface area contributed by atoms with Gasteiger partial charge in [-0.2, -0.15) is 0 Å². The summed E-state index contributed by atoms with van der Waals surface area (Å²) in [6.07, 6.45) is 5.20. The van der Waals surface area contributed by atoms with Crippen LogP contribution in [-0.2, 0) is 9.53 Å². The van der Waals surface area contributed by atoms with Crippen molar-refractivity contribution in [1.29, 1.82) is 0 Å². The van der Waals surface area contributed by atoms with E-state index in [2.05, 4.69) is 0 Å². The molecular weight excluding hydrogens is 184 g/mol. The van der Waals surface area contributed by atoms with E-state index in [1.165, 1.54) is 25.7 Å². The quantitative estimate of drug-likeness (QED) is 0.655. The van der Waals surface area contributed by atoms with Gasteiger partial charge in [-0.25, -0.2) is 0 Å². The molecule has 0 heterocycles. The molecule has 0 N–H and O–H groups in total. The third-order valence-electron chi connectivity index (χ3n) is 2.32. The van der Waals surface area contributed by atoms with E-state index in [4.69, 9.17) is 4.74 Å². The third-order valence-corrected chi connectivity index (χ3v) is 3.77. The lowest BCUT2D eigenvalue weighted by Crippen LogP contribution is -2.19. The van der Waals surface area contributed by atoms with Gasteiger partial charge < -0.3 is 4.74 Å². The highest BCUT2D eigenvalue weighted by Gasteiger charge is 2.22. The first-order valence-corrected chi connectivity index (χ1v) is 6.00. The molecule has 0 spiro atoms. The predicted octanol–water partition coefficient (Wildman–Crippen LogP) is 2.61. The molecule has 1 aliphatic rings. The van der Waals surface area contributed by atoms with Crippen LogP contribution in [0.1, 0.15) is 39.5 Å². The van der Waals surface area contributed by atoms with Gasteiger partial charge in [-0.3, -0.25) is 4.79 Å². The summed E-state index contributed by atoms with van der Waals surface area (Å²) < 4.78 is 4.95. The molecule has 0 unspecified atom stereocenters. The molecule has 1 atom stereocenters. The topological polar surface area (TPSA) is 26.3 Å². The molecule has 2 nitrogen and oxygen atoms in total. The van der Waals surface area contributed by atoms with Crippen molar-refractivity contribution >= 4 is 17.7 Å². The van der Waals surface area contributed by atoms with Gasteiger partial charge in [0, 0.05) is 5.25 Å². The van der Waals surface area contributed by atoms with Crippen molar-refractivity contribution in [3.63, 3.8) is 0 Å². The SMILES string of the molecule is CCOC(=O)[C@@H](C)SC1CCCC1. The van der Waals surface area contributed by atoms with E-state index in [-0.39, 0.29) is 11.2 Å². The largest absolute Gasteiger partial charge is 0.465 e. The zero-order valence-electron chi connectivity index (χ0n) is 8.41. The molecule has 1 saturated carbocycles. The Morgan fingerprint density at radius 3 is 2.69 bits per heavy atom. The molecule has 0 aromatic carbocycles. The van der Waals surface area contributed by atoms with Crippen molar-refractivity contribution in [3.8, 4) is 0 Å². The van der Waals surface area contributed by atoms with Crippen LogP contribution in [0.25, 0.3) is 0 Å². The second-order valence-corrected chi connectivity index (χ2v) is 5.08. The minimum Gasteiger partial charge on any atom is -0.465 e. The average Bonchev–Trinajstić information content (AvgIpc) is 2.57. The highest BCUT2D eigenvalue weighted by Crippen LogP contribution is 2.32. The van der Waals surface area contributed by atoms with Gasteiger partial charge in [0.2, 0.25) is 0 Å². The molecule has 0 aromatic heterocycles. The molecule has 0 saturated heterocycles. The lowest BCUT2D eigenvalue weighted by Gasteiger charge is -2.14. The van der Waals surface area contributed by atoms with E-state index < -0.39 is 0 Å². The molecule has 76 valence electrons. The summed E-state index contributed by atoms with van der Waals surface area (Å²) in [5, 5.41) is 0.711. The van der Waals surface area contributed by atoms with Gasteiger partial charge in [0.15, 0.2) is 0 Å². The normalized spacial score (nSPS) is 20.2. The molecule has 0 aromatic rings. The maximum Gasteiger partial charge on any atom is 0.318 e. The van der Waals surface area contributed by atoms with Crippen LogP contribution in [0.4, 0.5) is 0 Å². The summed E-state index contributed by atoms with van der Waals surface area (Å²) >= 11 is 1.78. The molecule has 0 radical (unpaired) electrons. The number of carbonyl (C=O) groups is 1. The number of hydrogen-bond donors (Lipinski definition) is 0. The Labute approximate surface area is 84.4 Å². The van der Waals surface area contributed by atoms with Crippen LogP contribution in [0.2, 0.25) is 0 Å². The maximum atomic E-state index is 11.3. The fourth-order valence-corrected chi connectivity index (χ4v) is 2.99. The first-order chi connectivity index (χ1) is 6.24. The number of thioether (sulfide) groups is 1. The van der Waals surface area contributed by atoms with Gasteiger partial charge >= 0.3 is 5.97 Å². The molecule has 0 aliphatic heterocycles. The van der Waals surface area contributed by atoms with E-state index in [0.29, 0.717) is 11.9 Å². The summed E-state index contributed by atoms with van der Waals surface area (Å²) in [6.45, 7) is 4.29. The van der Waals surface area contributed by atoms with Crippen molar-refractivity contribution < 1.29 is 9.53 Å². The molecule has 13 heavy (non-hydrogen) atoms. The summed E-state index contributed by atoms with van der Waals surface area (Å²) in [6, 6.07) is 0. The second kappa shape index (κ2) is 5.53. The monoisotopic (exact) mass is 202 g/mol. The fraction of sp³-hybridized carbons (Fsp3) is 0.900. The van der Waals surface area contributed by atoms with Crippen LogP contribution in [0.3, 0.4) is 0 Å². The van der Waals surface area contributed by atoms with Gasteiger partial charge in [0.1, 0.15) is 0 Å². The van der Waals surface area contributed by atoms with Crippen LogP contribution in [0.5, 0.6) is 0 Å². The molecule has 0 bridgehead atoms. The molecular formula is C10H18O2S. The first-order valence-electron chi connectivity index (χ1n) is 5.06. The highest BCUT2D eigenvalue weighted by atomic mass is 32.2. The molecule has 1 fully saturated rings. The van der Waals surface area contributed by atoms with Crippen LogP contribution >= 0.6 is 11.8 Å². The van der Waals surface area contributed by atoms with Crippen molar-refractivity contribution in [3.05, 3.63) is 0 Å². The third kappa shape index (κ3) is 3.59. The van der Waals surface area contributed by atoms with Gasteiger partial charge in [-0.05, 0) is 26.7 Å². The lowest BCUT2D eigenvalue weighted by molar-refractivity contribution is -0.142. The second-order valence-electron chi connectivity index (χ2n) is 3.44. The Hall–Kier alpha value is -0.180. The van der Waals surface area contributed by atoms with Gasteiger partial charge in [-0.15, -0.1) is 11.8 Å². The van der Waals surface area contributed by atoms with E-state index in [1.807, 2.05) is 13.8 Å². The first kappa shape index (κ1) is 10.9. The minimum absolute atomic E-state index is 0.0167. The van der Waals surface area contributed by atoms with Crippen LogP contribution in [0, 0.1) is 0 Å². The molecule has 0 amide bonds. The van der Waals surface area contributed by atoms with E-state index in [0.717, 1.165) is 0 Å². The molecule has 1 aliphatic carbocycles. The van der Waals surface area contributed by atoms with Gasteiger partial charge in [-0.1, -0.05) is 12.8 Å². The summed E-state index contributed by atoms with van der Waals surface area (Å²) in [5.41, 5.74) is 0. The van der Waals surface area contributed by atoms with Crippen molar-refractivity contribution in [1.82, 2.24) is 0 Å². The number of hydrogen-bond acceptors (Lipinski definition) is 3. The van der Waals surface area contributed by atoms with E-state index in [1.54, 1.807) is 11.8 Å². The van der Waals surface area contributed by atoms with E-state index >= 15 is 0 Å². The van der Waals surface area contributed by atoms with Crippen molar-refractivity contribution in [2.24, 2.45) is 0 Å². The number of esters is 1. The van der Waals surface area contributed by atoms with Crippen molar-refractivity contribution in [2.75, 3.05) is 6.61 Å². The number of ether oxygens (including phenoxy) is 1. The smallest absolute Gasteiger partial charge is 0.318 e. The summed E-state index contributed by atoms with van der Waals surface area (Å²) in [5.74, 6) is -0.0561. The standard InChI is InChI=1S/C10H18O2S/c1-3-12-10(11)8(2)13-9-6-4-5-7-9/h8-9H,3-7H2,1-2H3/t8-/m1/s1. The lowest BCUT2D eigenvalue weighted by atomic mass is 10.4. The Bertz CT molecular complexity index is 164. The Morgan fingerprint density at radius 2 is 2.15 bits per heavy atom. The predicted molar refractivity (Wildman–Crippen MR) is 55.9 cm³/mol. The molecule has 1 rings (SSSR count). The van der Waals surface area contributed by atoms with Gasteiger partial charge in [0.25, 0.3) is 0 Å². The van der Waals surface area contributed by atoms with Crippen LogP contribution < -0.4 is 0 Å². The number of carbonyl (C=O) groups excluding carboxylic acids is 1. The van der Waals surface area contributed by atoms with Gasteiger partial charge in [0.05, 0.1) is 11.9 Å². The summed E-state index contributed by atoms with van der Waals surface area (Å²) in [7, 11) is 0. The Kier molecular flexibility index (Phi) is 4.64. The zero-order valence-corrected chi connectivity index (χ0v) is 9.23. The Morgan fingerprint density at radius 1 is 1.54 bits per heavy atom. The maximum absolute atomic E-state index is 11.3. The van der Waals surface area contributed by atoms with E-state index in [9.17, 15) is 4.79 Å². The fourth-order valence-electron chi connectivity index (χ4n) is 1.63. The average molecular weight is 202 g/mol. The highest BCUT2D eigenvalue weighted by molar-refractivity contribution is 8.01. The summed E-state index contributed by atoms with van der Waals surface area (Å²) in [4.78, 5) is 11.3. The zero-order chi connectivity index (χ0) is 9.68. The van der Waals surface area contributed by atoms with Crippen LogP contribution in [-0.4, -0.2) is 23.1 Å². The number of rotatable bonds is 4. The van der Waals surface area contributed by atoms with Crippen molar-refractivity contribution in [2.45, 2.75) is 50.0 Å².